The van der Waals surface area contributed by atoms with Gasteiger partial charge in [0.1, 0.15) is 17.8 Å². The summed E-state index contributed by atoms with van der Waals surface area (Å²) in [6, 6.07) is 12.7. The predicted molar refractivity (Wildman–Crippen MR) is 153 cm³/mol. The van der Waals surface area contributed by atoms with Crippen molar-refractivity contribution >= 4 is 0 Å². The van der Waals surface area contributed by atoms with Crippen molar-refractivity contribution < 1.29 is 29.2 Å². The maximum Gasteiger partial charge on any atom is 0.165 e. The van der Waals surface area contributed by atoms with Crippen molar-refractivity contribution in [2.24, 2.45) is 17.3 Å². The summed E-state index contributed by atoms with van der Waals surface area (Å²) in [6.45, 7) is 3.14. The number of benzene rings is 2. The summed E-state index contributed by atoms with van der Waals surface area (Å²) < 4.78 is 26.1. The molecule has 2 spiro atoms. The van der Waals surface area contributed by atoms with Crippen LogP contribution in [0.3, 0.4) is 0 Å². The Morgan fingerprint density at radius 1 is 1.12 bits per heavy atom. The zero-order chi connectivity index (χ0) is 28.0. The Kier molecular flexibility index (Phi) is 6.08. The van der Waals surface area contributed by atoms with Gasteiger partial charge in [0.2, 0.25) is 0 Å². The number of piperidine rings is 1. The molecule has 1 saturated heterocycles. The second-order valence-electron chi connectivity index (χ2n) is 13.7. The average Bonchev–Trinajstić information content (AvgIpc) is 3.75. The van der Waals surface area contributed by atoms with Gasteiger partial charge in [-0.25, -0.2) is 0 Å². The third-order valence-electron chi connectivity index (χ3n) is 12.1. The highest BCUT2D eigenvalue weighted by Crippen LogP contribution is 2.76. The summed E-state index contributed by atoms with van der Waals surface area (Å²) in [5.41, 5.74) is 4.27. The van der Waals surface area contributed by atoms with E-state index in [1.807, 2.05) is 31.4 Å². The highest BCUT2D eigenvalue weighted by molar-refractivity contribution is 5.63. The van der Waals surface area contributed by atoms with Crippen LogP contribution in [0, 0.1) is 17.3 Å². The highest BCUT2D eigenvalue weighted by Gasteiger charge is 2.80. The first-order valence-corrected chi connectivity index (χ1v) is 15.6. The number of likely N-dealkylation sites (tertiary alicyclic amines) is 1. The molecule has 7 atom stereocenters. The Morgan fingerprint density at radius 3 is 2.78 bits per heavy atom. The first kappa shape index (κ1) is 26.5. The SMILES string of the molecule is COc1ccc2c3c1O[C@H]1C4(OC)CCC5(C[C@@H]4COCc4cccc(C(O)CO)c4)[C@@H](C2)N(CC2CC2)CCC315. The summed E-state index contributed by atoms with van der Waals surface area (Å²) >= 11 is 0. The van der Waals surface area contributed by atoms with Gasteiger partial charge in [-0.1, -0.05) is 30.3 Å². The molecule has 7 nitrogen and oxygen atoms in total. The summed E-state index contributed by atoms with van der Waals surface area (Å²) in [5.74, 6) is 2.91. The van der Waals surface area contributed by atoms with Gasteiger partial charge in [-0.3, -0.25) is 4.90 Å². The summed E-state index contributed by atoms with van der Waals surface area (Å²) in [7, 11) is 3.64. The zero-order valence-corrected chi connectivity index (χ0v) is 24.3. The summed E-state index contributed by atoms with van der Waals surface area (Å²) in [6.07, 6.45) is 7.29. The molecule has 220 valence electrons. The molecule has 4 unspecified atom stereocenters. The van der Waals surface area contributed by atoms with E-state index in [0.717, 1.165) is 55.2 Å². The van der Waals surface area contributed by atoms with E-state index < -0.39 is 11.7 Å². The van der Waals surface area contributed by atoms with Crippen LogP contribution in [0.1, 0.15) is 66.9 Å². The van der Waals surface area contributed by atoms with E-state index in [0.29, 0.717) is 24.8 Å². The first-order chi connectivity index (χ1) is 20.0. The van der Waals surface area contributed by atoms with Crippen LogP contribution in [0.2, 0.25) is 0 Å². The molecule has 7 heteroatoms. The molecule has 4 saturated carbocycles. The van der Waals surface area contributed by atoms with E-state index in [-0.39, 0.29) is 29.5 Å². The van der Waals surface area contributed by atoms with Crippen LogP contribution in [-0.2, 0) is 27.9 Å². The third-order valence-corrected chi connectivity index (χ3v) is 12.1. The Bertz CT molecular complexity index is 1340. The summed E-state index contributed by atoms with van der Waals surface area (Å²) in [4.78, 5) is 2.87. The number of rotatable bonds is 10. The molecule has 2 aliphatic heterocycles. The first-order valence-electron chi connectivity index (χ1n) is 15.6. The van der Waals surface area contributed by atoms with Gasteiger partial charge in [-0.2, -0.15) is 0 Å². The number of hydrogen-bond acceptors (Lipinski definition) is 7. The van der Waals surface area contributed by atoms with E-state index in [2.05, 4.69) is 17.0 Å². The Balaban J connectivity index is 1.15. The molecule has 2 N–H and O–H groups in total. The van der Waals surface area contributed by atoms with Gasteiger partial charge in [0.25, 0.3) is 0 Å². The standard InChI is InChI=1S/C34H43NO6/c1-38-27-9-8-24-15-28-32-10-11-34(39-2,25(16-32)20-40-19-22-4-3-5-23(14-22)26(37)18-36)31-33(32,29(24)30(27)41-31)12-13-35(28)17-21-6-7-21/h3-5,8-9,14,21,25-26,28,31,36-37H,6-7,10-13,15-20H2,1-2H3/t25-,26?,28-,31-,32?,33?,34?/m1/s1. The number of fused-ring (bicyclic) bond motifs is 2. The molecule has 5 fully saturated rings. The zero-order valence-electron chi connectivity index (χ0n) is 24.3. The Labute approximate surface area is 242 Å². The molecule has 0 aromatic heterocycles. The molecule has 0 amide bonds. The lowest BCUT2D eigenvalue weighted by Crippen LogP contribution is -2.81. The second-order valence-corrected chi connectivity index (χ2v) is 13.7. The predicted octanol–water partition coefficient (Wildman–Crippen LogP) is 4.16. The third kappa shape index (κ3) is 3.50. The minimum atomic E-state index is -0.872. The van der Waals surface area contributed by atoms with Gasteiger partial charge < -0.3 is 29.2 Å². The van der Waals surface area contributed by atoms with Crippen molar-refractivity contribution in [2.75, 3.05) is 40.5 Å². The van der Waals surface area contributed by atoms with Gasteiger partial charge >= 0.3 is 0 Å². The second kappa shape index (κ2) is 9.42. The maximum atomic E-state index is 10.1. The van der Waals surface area contributed by atoms with E-state index in [4.69, 9.17) is 18.9 Å². The minimum absolute atomic E-state index is 0.0462. The molecule has 2 aromatic carbocycles. The van der Waals surface area contributed by atoms with Gasteiger partial charge in [0.05, 0.1) is 26.9 Å². The van der Waals surface area contributed by atoms with Crippen LogP contribution in [0.25, 0.3) is 0 Å². The molecular formula is C34H43NO6. The lowest BCUT2D eigenvalue weighted by molar-refractivity contribution is -0.283. The average molecular weight is 562 g/mol. The van der Waals surface area contributed by atoms with Gasteiger partial charge in [-0.05, 0) is 80.2 Å². The van der Waals surface area contributed by atoms with Crippen LogP contribution in [-0.4, -0.2) is 73.4 Å². The number of hydrogen-bond donors (Lipinski definition) is 2. The van der Waals surface area contributed by atoms with Gasteiger partial charge in [-0.15, -0.1) is 0 Å². The lowest BCUT2D eigenvalue weighted by atomic mass is 9.35. The molecule has 0 radical (unpaired) electrons. The molecule has 7 aliphatic rings. The van der Waals surface area contributed by atoms with Crippen molar-refractivity contribution in [3.63, 3.8) is 0 Å². The van der Waals surface area contributed by atoms with Crippen molar-refractivity contribution in [1.82, 2.24) is 4.90 Å². The van der Waals surface area contributed by atoms with Crippen LogP contribution in [0.5, 0.6) is 11.5 Å². The lowest BCUT2D eigenvalue weighted by Gasteiger charge is -2.74. The van der Waals surface area contributed by atoms with E-state index in [1.54, 1.807) is 7.11 Å². The van der Waals surface area contributed by atoms with Crippen molar-refractivity contribution in [2.45, 2.75) is 80.8 Å². The highest BCUT2D eigenvalue weighted by atomic mass is 16.6. The molecule has 2 heterocycles. The van der Waals surface area contributed by atoms with Crippen molar-refractivity contribution in [3.8, 4) is 11.5 Å². The Hall–Kier alpha value is -2.16. The monoisotopic (exact) mass is 561 g/mol. The molecular weight excluding hydrogens is 518 g/mol. The quantitative estimate of drug-likeness (QED) is 0.451. The Morgan fingerprint density at radius 2 is 2.00 bits per heavy atom. The number of nitrogens with zero attached hydrogens (tertiary/aromatic N) is 1. The van der Waals surface area contributed by atoms with Crippen molar-refractivity contribution in [3.05, 3.63) is 58.7 Å². The van der Waals surface area contributed by atoms with E-state index >= 15 is 0 Å². The smallest absolute Gasteiger partial charge is 0.165 e. The van der Waals surface area contributed by atoms with E-state index in [9.17, 15) is 10.2 Å². The fraction of sp³-hybridized carbons (Fsp3) is 0.647. The number of aliphatic hydroxyl groups excluding tert-OH is 2. The molecule has 9 rings (SSSR count). The number of aliphatic hydroxyl groups is 2. The van der Waals surface area contributed by atoms with Crippen LogP contribution >= 0.6 is 0 Å². The fourth-order valence-corrected chi connectivity index (χ4v) is 10.2. The largest absolute Gasteiger partial charge is 0.493 e. The molecule has 4 bridgehead atoms. The minimum Gasteiger partial charge on any atom is -0.493 e. The normalized spacial score (nSPS) is 37.0. The van der Waals surface area contributed by atoms with Crippen LogP contribution in [0.15, 0.2) is 36.4 Å². The summed E-state index contributed by atoms with van der Waals surface area (Å²) in [5, 5.41) is 19.5. The molecule has 2 aromatic rings. The topological polar surface area (TPSA) is 80.6 Å². The van der Waals surface area contributed by atoms with Gasteiger partial charge in [0, 0.05) is 42.0 Å². The van der Waals surface area contributed by atoms with Crippen LogP contribution < -0.4 is 9.47 Å². The van der Waals surface area contributed by atoms with Crippen molar-refractivity contribution in [1.29, 1.82) is 0 Å². The number of ether oxygens (including phenoxy) is 4. The fourth-order valence-electron chi connectivity index (χ4n) is 10.2. The molecule has 5 aliphatic carbocycles. The molecule has 41 heavy (non-hydrogen) atoms. The van der Waals surface area contributed by atoms with E-state index in [1.165, 1.54) is 36.9 Å². The van der Waals surface area contributed by atoms with Crippen LogP contribution in [0.4, 0.5) is 0 Å². The maximum absolute atomic E-state index is 10.1. The number of methoxy groups -OCH3 is 2. The van der Waals surface area contributed by atoms with Gasteiger partial charge in [0.15, 0.2) is 11.5 Å².